The van der Waals surface area contributed by atoms with Gasteiger partial charge in [-0.15, -0.1) is 0 Å². The van der Waals surface area contributed by atoms with Crippen LogP contribution in [0, 0.1) is 5.92 Å². The Morgan fingerprint density at radius 1 is 1.67 bits per heavy atom. The maximum Gasteiger partial charge on any atom is 0.209 e. The van der Waals surface area contributed by atoms with Gasteiger partial charge >= 0.3 is 0 Å². The van der Waals surface area contributed by atoms with E-state index in [4.69, 9.17) is 0 Å². The van der Waals surface area contributed by atoms with Gasteiger partial charge in [-0.3, -0.25) is 4.79 Å². The topological polar surface area (TPSA) is 20.3 Å². The van der Waals surface area contributed by atoms with Gasteiger partial charge in [-0.1, -0.05) is 12.8 Å². The van der Waals surface area contributed by atoms with Gasteiger partial charge in [-0.2, -0.15) is 0 Å². The van der Waals surface area contributed by atoms with Crippen molar-refractivity contribution >= 4 is 6.41 Å². The molecule has 1 rings (SSSR count). The molecule has 0 heterocycles. The lowest BCUT2D eigenvalue weighted by molar-refractivity contribution is -0.117. The Hall–Kier alpha value is -0.530. The molecule has 1 amide bonds. The Kier molecular flexibility index (Phi) is 2.09. The van der Waals surface area contributed by atoms with Crippen molar-refractivity contribution in [2.75, 3.05) is 13.6 Å². The second kappa shape index (κ2) is 2.85. The summed E-state index contributed by atoms with van der Waals surface area (Å²) in [6, 6.07) is 0. The van der Waals surface area contributed by atoms with Crippen molar-refractivity contribution in [3.8, 4) is 0 Å². The lowest BCUT2D eigenvalue weighted by atomic mass is 10.3. The molecule has 2 heteroatoms. The Bertz CT molecular complexity index is 99.1. The van der Waals surface area contributed by atoms with Gasteiger partial charge in [0.25, 0.3) is 0 Å². The summed E-state index contributed by atoms with van der Waals surface area (Å²) < 4.78 is 0. The van der Waals surface area contributed by atoms with Crippen LogP contribution in [0.4, 0.5) is 0 Å². The molecule has 0 atom stereocenters. The Morgan fingerprint density at radius 2 is 2.33 bits per heavy atom. The molecule has 0 aliphatic heterocycles. The first kappa shape index (κ1) is 6.59. The molecule has 0 aromatic carbocycles. The lowest BCUT2D eigenvalue weighted by Crippen LogP contribution is -2.17. The molecule has 0 radical (unpaired) electrons. The van der Waals surface area contributed by atoms with E-state index in [0.29, 0.717) is 0 Å². The van der Waals surface area contributed by atoms with Crippen molar-refractivity contribution in [3.63, 3.8) is 0 Å². The minimum Gasteiger partial charge on any atom is -0.348 e. The molecule has 0 unspecified atom stereocenters. The Labute approximate surface area is 55.8 Å². The van der Waals surface area contributed by atoms with E-state index in [9.17, 15) is 4.79 Å². The lowest BCUT2D eigenvalue weighted by Gasteiger charge is -2.07. The van der Waals surface area contributed by atoms with Crippen LogP contribution >= 0.6 is 0 Å². The number of amides is 1. The second-order valence-corrected chi connectivity index (χ2v) is 2.82. The number of carbonyl (C=O) groups is 1. The van der Waals surface area contributed by atoms with Crippen molar-refractivity contribution in [2.24, 2.45) is 5.92 Å². The minimum atomic E-state index is 0.891. The van der Waals surface area contributed by atoms with Crippen molar-refractivity contribution in [2.45, 2.75) is 19.3 Å². The third kappa shape index (κ3) is 2.49. The first-order valence-electron chi connectivity index (χ1n) is 3.48. The predicted octanol–water partition coefficient (Wildman–Crippen LogP) is 0.875. The summed E-state index contributed by atoms with van der Waals surface area (Å²) in [7, 11) is 1.83. The summed E-state index contributed by atoms with van der Waals surface area (Å²) in [4.78, 5) is 11.8. The summed E-state index contributed by atoms with van der Waals surface area (Å²) in [6.07, 6.45) is 4.86. The van der Waals surface area contributed by atoms with Crippen LogP contribution in [0.2, 0.25) is 0 Å². The normalized spacial score (nSPS) is 17.4. The first-order chi connectivity index (χ1) is 4.33. The summed E-state index contributed by atoms with van der Waals surface area (Å²) in [5.41, 5.74) is 0. The van der Waals surface area contributed by atoms with Crippen LogP contribution in [0.1, 0.15) is 19.3 Å². The maximum atomic E-state index is 10.1. The molecule has 52 valence electrons. The molecule has 0 spiro atoms. The highest BCUT2D eigenvalue weighted by Crippen LogP contribution is 2.32. The SMILES string of the molecule is CN(C=O)CCC1CC1. The van der Waals surface area contributed by atoms with Gasteiger partial charge in [-0.25, -0.2) is 0 Å². The molecule has 1 saturated carbocycles. The van der Waals surface area contributed by atoms with Crippen molar-refractivity contribution in [3.05, 3.63) is 0 Å². The van der Waals surface area contributed by atoms with Gasteiger partial charge < -0.3 is 4.90 Å². The van der Waals surface area contributed by atoms with E-state index in [1.54, 1.807) is 4.90 Å². The zero-order valence-corrected chi connectivity index (χ0v) is 5.84. The fraction of sp³-hybridized carbons (Fsp3) is 0.857. The third-order valence-electron chi connectivity index (χ3n) is 1.77. The summed E-state index contributed by atoms with van der Waals surface area (Å²) >= 11 is 0. The summed E-state index contributed by atoms with van der Waals surface area (Å²) in [6.45, 7) is 0.939. The molecule has 0 bridgehead atoms. The molecule has 0 aromatic heterocycles. The van der Waals surface area contributed by atoms with Gasteiger partial charge in [0, 0.05) is 13.6 Å². The van der Waals surface area contributed by atoms with Gasteiger partial charge in [0.1, 0.15) is 0 Å². The number of nitrogens with zero attached hydrogens (tertiary/aromatic N) is 1. The zero-order valence-electron chi connectivity index (χ0n) is 5.84. The fourth-order valence-corrected chi connectivity index (χ4v) is 0.845. The number of hydrogen-bond donors (Lipinski definition) is 0. The average molecular weight is 127 g/mol. The molecule has 0 N–H and O–H groups in total. The highest BCUT2D eigenvalue weighted by molar-refractivity contribution is 5.46. The largest absolute Gasteiger partial charge is 0.348 e. The van der Waals surface area contributed by atoms with E-state index in [2.05, 4.69) is 0 Å². The number of hydrogen-bond acceptors (Lipinski definition) is 1. The Balaban J connectivity index is 1.95. The molecule has 0 saturated heterocycles. The van der Waals surface area contributed by atoms with Crippen LogP contribution in [0.25, 0.3) is 0 Å². The van der Waals surface area contributed by atoms with Gasteiger partial charge in [0.2, 0.25) is 6.41 Å². The molecular weight excluding hydrogens is 114 g/mol. The van der Waals surface area contributed by atoms with E-state index in [0.717, 1.165) is 18.9 Å². The number of carbonyl (C=O) groups excluding carboxylic acids is 1. The van der Waals surface area contributed by atoms with Crippen molar-refractivity contribution in [1.29, 1.82) is 0 Å². The van der Waals surface area contributed by atoms with Crippen LogP contribution in [-0.2, 0) is 4.79 Å². The molecule has 2 nitrogen and oxygen atoms in total. The van der Waals surface area contributed by atoms with Crippen LogP contribution in [-0.4, -0.2) is 24.9 Å². The first-order valence-corrected chi connectivity index (χ1v) is 3.48. The van der Waals surface area contributed by atoms with Gasteiger partial charge in [0.15, 0.2) is 0 Å². The molecule has 9 heavy (non-hydrogen) atoms. The van der Waals surface area contributed by atoms with E-state index in [1.807, 2.05) is 7.05 Å². The average Bonchev–Trinajstić information content (AvgIpc) is 2.65. The predicted molar refractivity (Wildman–Crippen MR) is 36.0 cm³/mol. The van der Waals surface area contributed by atoms with Crippen molar-refractivity contribution < 1.29 is 4.79 Å². The molecule has 1 aliphatic carbocycles. The maximum absolute atomic E-state index is 10.1. The van der Waals surface area contributed by atoms with Gasteiger partial charge in [-0.05, 0) is 12.3 Å². The monoisotopic (exact) mass is 127 g/mol. The van der Waals surface area contributed by atoms with E-state index in [1.165, 1.54) is 19.3 Å². The highest BCUT2D eigenvalue weighted by atomic mass is 16.1. The quantitative estimate of drug-likeness (QED) is 0.513. The molecule has 0 aromatic rings. The van der Waals surface area contributed by atoms with Crippen LogP contribution in [0.3, 0.4) is 0 Å². The summed E-state index contributed by atoms with van der Waals surface area (Å²) in [5.74, 6) is 0.937. The third-order valence-corrected chi connectivity index (χ3v) is 1.77. The molecule has 1 fully saturated rings. The second-order valence-electron chi connectivity index (χ2n) is 2.82. The Morgan fingerprint density at radius 3 is 2.78 bits per heavy atom. The zero-order chi connectivity index (χ0) is 6.69. The highest BCUT2D eigenvalue weighted by Gasteiger charge is 2.20. The minimum absolute atomic E-state index is 0.891. The smallest absolute Gasteiger partial charge is 0.209 e. The summed E-state index contributed by atoms with van der Waals surface area (Å²) in [5, 5.41) is 0. The fourth-order valence-electron chi connectivity index (χ4n) is 0.845. The van der Waals surface area contributed by atoms with Crippen LogP contribution in [0.5, 0.6) is 0 Å². The molecule has 1 aliphatic rings. The van der Waals surface area contributed by atoms with Crippen molar-refractivity contribution in [1.82, 2.24) is 4.90 Å². The van der Waals surface area contributed by atoms with Crippen LogP contribution < -0.4 is 0 Å². The molecular formula is C7H13NO. The number of rotatable bonds is 4. The van der Waals surface area contributed by atoms with E-state index >= 15 is 0 Å². The van der Waals surface area contributed by atoms with E-state index in [-0.39, 0.29) is 0 Å². The standard InChI is InChI=1S/C7H13NO/c1-8(6-9)5-4-7-2-3-7/h6-7H,2-5H2,1H3. The van der Waals surface area contributed by atoms with Gasteiger partial charge in [0.05, 0.1) is 0 Å². The van der Waals surface area contributed by atoms with Crippen LogP contribution in [0.15, 0.2) is 0 Å². The van der Waals surface area contributed by atoms with E-state index < -0.39 is 0 Å².